The van der Waals surface area contributed by atoms with Gasteiger partial charge in [-0.1, -0.05) is 0 Å². The maximum atomic E-state index is 12.7. The summed E-state index contributed by atoms with van der Waals surface area (Å²) in [7, 11) is 2.61. The number of carbonyl (C=O) groups is 1. The number of hydrogen-bond donors (Lipinski definition) is 0. The quantitative estimate of drug-likeness (QED) is 0.573. The van der Waals surface area contributed by atoms with Crippen molar-refractivity contribution in [2.75, 3.05) is 20.8 Å². The van der Waals surface area contributed by atoms with E-state index in [-0.39, 0.29) is 29.6 Å². The van der Waals surface area contributed by atoms with Gasteiger partial charge in [-0.3, -0.25) is 9.36 Å². The van der Waals surface area contributed by atoms with Crippen molar-refractivity contribution in [1.82, 2.24) is 4.57 Å². The van der Waals surface area contributed by atoms with Gasteiger partial charge in [-0.05, 0) is 28.9 Å². The maximum absolute atomic E-state index is 12.7. The lowest BCUT2D eigenvalue weighted by Crippen LogP contribution is -2.34. The Balaban J connectivity index is 2.61. The largest absolute Gasteiger partial charge is 0.488 e. The molecule has 0 unspecified atom stereocenters. The second-order valence-electron chi connectivity index (χ2n) is 5.27. The number of esters is 1. The first kappa shape index (κ1) is 16.3. The van der Waals surface area contributed by atoms with E-state index in [0.717, 1.165) is 0 Å². The SMILES string of the molecule is COC(=O)c1cc2c([N+]#N)c(OC)c(Br)c3c2n(c1=O)[C@@H](C)CO3. The maximum Gasteiger partial charge on any atom is 0.437 e. The molecule has 8 nitrogen and oxygen atoms in total. The summed E-state index contributed by atoms with van der Waals surface area (Å²) in [6.45, 7) is 2.03. The first-order valence-electron chi connectivity index (χ1n) is 7.01. The molecule has 1 aromatic heterocycles. The molecular weight excluding hydrogens is 382 g/mol. The van der Waals surface area contributed by atoms with E-state index in [1.807, 2.05) is 0 Å². The van der Waals surface area contributed by atoms with E-state index in [9.17, 15) is 15.0 Å². The van der Waals surface area contributed by atoms with E-state index in [1.54, 1.807) is 6.92 Å². The van der Waals surface area contributed by atoms with Crippen LogP contribution in [0.25, 0.3) is 15.9 Å². The molecule has 0 radical (unpaired) electrons. The highest BCUT2D eigenvalue weighted by Crippen LogP contribution is 2.50. The molecule has 0 N–H and O–H groups in total. The van der Waals surface area contributed by atoms with Gasteiger partial charge in [0.05, 0.1) is 20.3 Å². The number of aromatic nitrogens is 1. The Bertz CT molecular complexity index is 976. The van der Waals surface area contributed by atoms with Crippen molar-refractivity contribution in [3.8, 4) is 11.5 Å². The molecule has 0 spiro atoms. The highest BCUT2D eigenvalue weighted by atomic mass is 79.9. The molecule has 124 valence electrons. The van der Waals surface area contributed by atoms with Crippen LogP contribution in [0.4, 0.5) is 5.69 Å². The zero-order valence-electron chi connectivity index (χ0n) is 13.1. The zero-order chi connectivity index (χ0) is 17.6. The third-order valence-corrected chi connectivity index (χ3v) is 4.66. The van der Waals surface area contributed by atoms with Crippen LogP contribution in [0.5, 0.6) is 11.5 Å². The minimum Gasteiger partial charge on any atom is -0.488 e. The average Bonchev–Trinajstić information content (AvgIpc) is 2.59. The minimum absolute atomic E-state index is 0.0831. The summed E-state index contributed by atoms with van der Waals surface area (Å²) in [5.41, 5.74) is -0.141. The summed E-state index contributed by atoms with van der Waals surface area (Å²) >= 11 is 3.36. The number of methoxy groups -OCH3 is 2. The van der Waals surface area contributed by atoms with E-state index < -0.39 is 11.5 Å². The van der Waals surface area contributed by atoms with Crippen LogP contribution in [-0.4, -0.2) is 31.4 Å². The Hall–Kier alpha value is -2.60. The van der Waals surface area contributed by atoms with Gasteiger partial charge >= 0.3 is 11.7 Å². The van der Waals surface area contributed by atoms with Gasteiger partial charge in [-0.25, -0.2) is 4.79 Å². The highest BCUT2D eigenvalue weighted by Gasteiger charge is 2.35. The van der Waals surface area contributed by atoms with Crippen LogP contribution < -0.4 is 15.0 Å². The molecular formula is C15H13BrN3O5+. The lowest BCUT2D eigenvalue weighted by molar-refractivity contribution is 0.0597. The van der Waals surface area contributed by atoms with Crippen LogP contribution in [0.3, 0.4) is 0 Å². The molecule has 0 saturated heterocycles. The molecule has 9 heteroatoms. The molecule has 0 saturated carbocycles. The lowest BCUT2D eigenvalue weighted by atomic mass is 10.1. The summed E-state index contributed by atoms with van der Waals surface area (Å²) < 4.78 is 17.6. The first-order chi connectivity index (χ1) is 11.5. The van der Waals surface area contributed by atoms with Gasteiger partial charge in [0.2, 0.25) is 11.1 Å². The fourth-order valence-electron chi connectivity index (χ4n) is 2.85. The summed E-state index contributed by atoms with van der Waals surface area (Å²) in [5, 5.41) is 9.79. The van der Waals surface area contributed by atoms with E-state index >= 15 is 0 Å². The van der Waals surface area contributed by atoms with Crippen molar-refractivity contribution in [3.05, 3.63) is 31.4 Å². The van der Waals surface area contributed by atoms with Gasteiger partial charge in [0, 0.05) is 0 Å². The normalized spacial score (nSPS) is 15.5. The molecule has 3 rings (SSSR count). The van der Waals surface area contributed by atoms with Crippen LogP contribution in [-0.2, 0) is 4.74 Å². The Morgan fingerprint density at radius 3 is 2.79 bits per heavy atom. The molecule has 1 aliphatic heterocycles. The van der Waals surface area contributed by atoms with Crippen LogP contribution in [0.1, 0.15) is 23.3 Å². The standard InChI is InChI=1S/C15H13BrN3O5/c1-6-5-24-13-9(16)12(22-2)10(18-17)7-4-8(15(21)23-3)14(20)19(6)11(7)13/h4,6H,5H2,1-3H3/q+1/t6-/m0/s1. The Labute approximate surface area is 144 Å². The van der Waals surface area contributed by atoms with Crippen molar-refractivity contribution < 1.29 is 19.0 Å². The van der Waals surface area contributed by atoms with E-state index in [2.05, 4.69) is 25.6 Å². The number of pyridine rings is 1. The van der Waals surface area contributed by atoms with Crippen LogP contribution >= 0.6 is 15.9 Å². The van der Waals surface area contributed by atoms with Crippen LogP contribution in [0.15, 0.2) is 15.3 Å². The van der Waals surface area contributed by atoms with Crippen LogP contribution in [0.2, 0.25) is 0 Å². The predicted molar refractivity (Wildman–Crippen MR) is 88.7 cm³/mol. The second-order valence-corrected chi connectivity index (χ2v) is 6.07. The van der Waals surface area contributed by atoms with Gasteiger partial charge in [0.15, 0.2) is 10.7 Å². The Morgan fingerprint density at radius 2 is 2.21 bits per heavy atom. The van der Waals surface area contributed by atoms with Gasteiger partial charge in [-0.2, -0.15) is 0 Å². The number of ether oxygens (including phenoxy) is 3. The molecule has 0 amide bonds. The van der Waals surface area contributed by atoms with Gasteiger partial charge in [-0.15, -0.1) is 0 Å². The molecule has 0 fully saturated rings. The number of hydrogen-bond acceptors (Lipinski definition) is 6. The fourth-order valence-corrected chi connectivity index (χ4v) is 3.51. The smallest absolute Gasteiger partial charge is 0.437 e. The van der Waals surface area contributed by atoms with Gasteiger partial charge < -0.3 is 14.2 Å². The Kier molecular flexibility index (Phi) is 3.93. The number of rotatable bonds is 2. The third-order valence-electron chi connectivity index (χ3n) is 3.94. The summed E-state index contributed by atoms with van der Waals surface area (Å²) in [5.74, 6) is -0.145. The highest BCUT2D eigenvalue weighted by molar-refractivity contribution is 9.10. The summed E-state index contributed by atoms with van der Waals surface area (Å²) in [6, 6.07) is 1.01. The van der Waals surface area contributed by atoms with Crippen molar-refractivity contribution in [2.24, 2.45) is 0 Å². The third kappa shape index (κ3) is 2.06. The predicted octanol–water partition coefficient (Wildman–Crippen LogP) is 3.00. The Morgan fingerprint density at radius 1 is 1.50 bits per heavy atom. The molecule has 24 heavy (non-hydrogen) atoms. The van der Waals surface area contributed by atoms with Crippen molar-refractivity contribution in [1.29, 1.82) is 5.39 Å². The lowest BCUT2D eigenvalue weighted by Gasteiger charge is -2.26. The zero-order valence-corrected chi connectivity index (χ0v) is 14.7. The second kappa shape index (κ2) is 5.79. The molecule has 0 bridgehead atoms. The number of halogens is 1. The summed E-state index contributed by atoms with van der Waals surface area (Å²) in [4.78, 5) is 28.0. The molecule has 0 aliphatic carbocycles. The van der Waals surface area contributed by atoms with Crippen LogP contribution in [0, 0.1) is 5.39 Å². The number of benzene rings is 1. The average molecular weight is 395 g/mol. The van der Waals surface area contributed by atoms with Crippen molar-refractivity contribution in [2.45, 2.75) is 13.0 Å². The van der Waals surface area contributed by atoms with E-state index in [4.69, 9.17) is 9.47 Å². The van der Waals surface area contributed by atoms with E-state index in [0.29, 0.717) is 21.1 Å². The van der Waals surface area contributed by atoms with Gasteiger partial charge in [0.25, 0.3) is 5.56 Å². The number of carbonyl (C=O) groups excluding carboxylic acids is 1. The monoisotopic (exact) mass is 394 g/mol. The van der Waals surface area contributed by atoms with E-state index in [1.165, 1.54) is 24.9 Å². The fraction of sp³-hybridized carbons (Fsp3) is 0.333. The number of nitrogens with zero attached hydrogens (tertiary/aromatic N) is 3. The van der Waals surface area contributed by atoms with Crippen molar-refractivity contribution in [3.63, 3.8) is 0 Å². The molecule has 1 atom stereocenters. The molecule has 1 aromatic carbocycles. The van der Waals surface area contributed by atoms with Crippen molar-refractivity contribution >= 4 is 38.5 Å². The minimum atomic E-state index is -0.767. The summed E-state index contributed by atoms with van der Waals surface area (Å²) in [6.07, 6.45) is 0. The molecule has 2 heterocycles. The van der Waals surface area contributed by atoms with Gasteiger partial charge in [0.1, 0.15) is 27.5 Å². The first-order valence-corrected chi connectivity index (χ1v) is 7.80. The number of diazo groups is 1. The topological polar surface area (TPSA) is 94.9 Å². The molecule has 2 aromatic rings. The molecule has 1 aliphatic rings.